The minimum atomic E-state index is 0.639. The molecule has 2 rings (SSSR count). The zero-order chi connectivity index (χ0) is 13.7. The summed E-state index contributed by atoms with van der Waals surface area (Å²) in [7, 11) is 0. The van der Waals surface area contributed by atoms with Crippen molar-refractivity contribution in [1.82, 2.24) is 5.32 Å². The van der Waals surface area contributed by atoms with Crippen LogP contribution >= 0.6 is 11.6 Å². The summed E-state index contributed by atoms with van der Waals surface area (Å²) in [5.41, 5.74) is 2.69. The van der Waals surface area contributed by atoms with E-state index in [1.54, 1.807) is 0 Å². The molecule has 0 aromatic heterocycles. The molecule has 0 spiro atoms. The number of anilines is 1. The molecule has 3 heteroatoms. The van der Waals surface area contributed by atoms with Crippen molar-refractivity contribution < 1.29 is 0 Å². The molecular weight excluding hydrogens is 256 g/mol. The summed E-state index contributed by atoms with van der Waals surface area (Å²) in [5, 5.41) is 4.32. The lowest BCUT2D eigenvalue weighted by Crippen LogP contribution is -2.38. The molecule has 1 saturated heterocycles. The maximum atomic E-state index is 6.16. The lowest BCUT2D eigenvalue weighted by molar-refractivity contribution is 0.483. The number of rotatable bonds is 5. The van der Waals surface area contributed by atoms with Crippen LogP contribution in [0.3, 0.4) is 0 Å². The molecule has 1 atom stereocenters. The fraction of sp³-hybridized carbons (Fsp3) is 0.625. The molecule has 1 aliphatic heterocycles. The van der Waals surface area contributed by atoms with E-state index in [0.29, 0.717) is 6.04 Å². The zero-order valence-electron chi connectivity index (χ0n) is 12.1. The third-order valence-electron chi connectivity index (χ3n) is 3.90. The van der Waals surface area contributed by atoms with Crippen LogP contribution in [0.1, 0.15) is 45.1 Å². The molecule has 0 radical (unpaired) electrons. The van der Waals surface area contributed by atoms with Crippen molar-refractivity contribution >= 4 is 17.3 Å². The third kappa shape index (κ3) is 3.87. The highest BCUT2D eigenvalue weighted by Crippen LogP contribution is 2.29. The summed E-state index contributed by atoms with van der Waals surface area (Å²) >= 11 is 6.16. The Balaban J connectivity index is 2.17. The first-order valence-corrected chi connectivity index (χ1v) is 7.86. The molecule has 1 unspecified atom stereocenters. The predicted octanol–water partition coefficient (Wildman–Crippen LogP) is 4.22. The second kappa shape index (κ2) is 7.16. The SMILES string of the molecule is CCCNCc1cc(Cl)ccc1N1CCCCC1C. The summed E-state index contributed by atoms with van der Waals surface area (Å²) < 4.78 is 0. The number of hydrogen-bond donors (Lipinski definition) is 1. The number of nitrogens with one attached hydrogen (secondary N) is 1. The molecule has 0 bridgehead atoms. The van der Waals surface area contributed by atoms with E-state index in [9.17, 15) is 0 Å². The highest BCUT2D eigenvalue weighted by atomic mass is 35.5. The molecule has 1 aliphatic rings. The highest BCUT2D eigenvalue weighted by molar-refractivity contribution is 6.30. The minimum Gasteiger partial charge on any atom is -0.369 e. The van der Waals surface area contributed by atoms with Crippen molar-refractivity contribution in [1.29, 1.82) is 0 Å². The van der Waals surface area contributed by atoms with Crippen LogP contribution in [0.25, 0.3) is 0 Å². The highest BCUT2D eigenvalue weighted by Gasteiger charge is 2.20. The van der Waals surface area contributed by atoms with Crippen molar-refractivity contribution in [3.05, 3.63) is 28.8 Å². The lowest BCUT2D eigenvalue weighted by Gasteiger charge is -2.36. The van der Waals surface area contributed by atoms with Gasteiger partial charge in [-0.3, -0.25) is 0 Å². The number of hydrogen-bond acceptors (Lipinski definition) is 2. The Morgan fingerprint density at radius 1 is 1.37 bits per heavy atom. The van der Waals surface area contributed by atoms with Gasteiger partial charge in [0.15, 0.2) is 0 Å². The Hall–Kier alpha value is -0.730. The van der Waals surface area contributed by atoms with Crippen LogP contribution in [0, 0.1) is 0 Å². The summed E-state index contributed by atoms with van der Waals surface area (Å²) in [5.74, 6) is 0. The van der Waals surface area contributed by atoms with Gasteiger partial charge in [0, 0.05) is 29.8 Å². The van der Waals surface area contributed by atoms with Gasteiger partial charge in [-0.15, -0.1) is 0 Å². The summed E-state index contributed by atoms with van der Waals surface area (Å²) in [6.45, 7) is 7.66. The Bertz CT molecular complexity index is 406. The van der Waals surface area contributed by atoms with Gasteiger partial charge >= 0.3 is 0 Å². The molecule has 1 fully saturated rings. The van der Waals surface area contributed by atoms with Crippen LogP contribution < -0.4 is 10.2 Å². The average molecular weight is 281 g/mol. The molecule has 0 amide bonds. The van der Waals surface area contributed by atoms with Crippen molar-refractivity contribution in [2.24, 2.45) is 0 Å². The smallest absolute Gasteiger partial charge is 0.0415 e. The Kier molecular flexibility index (Phi) is 5.53. The Morgan fingerprint density at radius 2 is 2.21 bits per heavy atom. The number of halogens is 1. The van der Waals surface area contributed by atoms with Gasteiger partial charge in [-0.05, 0) is 62.9 Å². The van der Waals surface area contributed by atoms with Gasteiger partial charge in [0.2, 0.25) is 0 Å². The molecule has 1 aromatic carbocycles. The van der Waals surface area contributed by atoms with E-state index in [1.807, 2.05) is 6.07 Å². The average Bonchev–Trinajstić information content (AvgIpc) is 2.40. The van der Waals surface area contributed by atoms with Crippen molar-refractivity contribution in [3.63, 3.8) is 0 Å². The van der Waals surface area contributed by atoms with E-state index in [4.69, 9.17) is 11.6 Å². The van der Waals surface area contributed by atoms with Crippen LogP contribution in [0.4, 0.5) is 5.69 Å². The summed E-state index contributed by atoms with van der Waals surface area (Å²) in [6.07, 6.45) is 5.12. The van der Waals surface area contributed by atoms with Gasteiger partial charge in [-0.25, -0.2) is 0 Å². The maximum Gasteiger partial charge on any atom is 0.0415 e. The Labute approximate surface area is 122 Å². The van der Waals surface area contributed by atoms with Crippen LogP contribution in [0.15, 0.2) is 18.2 Å². The molecule has 19 heavy (non-hydrogen) atoms. The first-order valence-electron chi connectivity index (χ1n) is 7.48. The van der Waals surface area contributed by atoms with Crippen molar-refractivity contribution in [3.8, 4) is 0 Å². The fourth-order valence-corrected chi connectivity index (χ4v) is 3.03. The van der Waals surface area contributed by atoms with Crippen molar-refractivity contribution in [2.45, 2.75) is 52.1 Å². The molecule has 1 N–H and O–H groups in total. The largest absolute Gasteiger partial charge is 0.369 e. The van der Waals surface area contributed by atoms with Crippen LogP contribution in [0.5, 0.6) is 0 Å². The lowest BCUT2D eigenvalue weighted by atomic mass is 10.0. The van der Waals surface area contributed by atoms with Crippen molar-refractivity contribution in [2.75, 3.05) is 18.0 Å². The number of piperidine rings is 1. The summed E-state index contributed by atoms with van der Waals surface area (Å²) in [4.78, 5) is 2.54. The van der Waals surface area contributed by atoms with Gasteiger partial charge in [0.05, 0.1) is 0 Å². The second-order valence-electron chi connectivity index (χ2n) is 5.49. The molecule has 2 nitrogen and oxygen atoms in total. The van der Waals surface area contributed by atoms with E-state index in [2.05, 4.69) is 36.2 Å². The van der Waals surface area contributed by atoms with Gasteiger partial charge in [-0.2, -0.15) is 0 Å². The van der Waals surface area contributed by atoms with E-state index in [-0.39, 0.29) is 0 Å². The third-order valence-corrected chi connectivity index (χ3v) is 4.13. The normalized spacial score (nSPS) is 19.7. The van der Waals surface area contributed by atoms with Gasteiger partial charge in [0.1, 0.15) is 0 Å². The molecule has 1 heterocycles. The monoisotopic (exact) mass is 280 g/mol. The van der Waals surface area contributed by atoms with Gasteiger partial charge < -0.3 is 10.2 Å². The number of nitrogens with zero attached hydrogens (tertiary/aromatic N) is 1. The molecule has 0 aliphatic carbocycles. The molecular formula is C16H25ClN2. The van der Waals surface area contributed by atoms with Crippen LogP contribution in [-0.4, -0.2) is 19.1 Å². The van der Waals surface area contributed by atoms with Gasteiger partial charge in [-0.1, -0.05) is 18.5 Å². The summed E-state index contributed by atoms with van der Waals surface area (Å²) in [6, 6.07) is 6.95. The van der Waals surface area contributed by atoms with E-state index in [1.165, 1.54) is 37.1 Å². The van der Waals surface area contributed by atoms with E-state index < -0.39 is 0 Å². The first-order chi connectivity index (χ1) is 9.22. The minimum absolute atomic E-state index is 0.639. The number of benzene rings is 1. The van der Waals surface area contributed by atoms with Gasteiger partial charge in [0.25, 0.3) is 0 Å². The van der Waals surface area contributed by atoms with E-state index >= 15 is 0 Å². The zero-order valence-corrected chi connectivity index (χ0v) is 12.8. The standard InChI is InChI=1S/C16H25ClN2/c1-3-9-18-12-14-11-15(17)7-8-16(14)19-10-5-4-6-13(19)2/h7-8,11,13,18H,3-6,9-10,12H2,1-2H3. The fourth-order valence-electron chi connectivity index (χ4n) is 2.83. The van der Waals surface area contributed by atoms with E-state index in [0.717, 1.165) is 24.5 Å². The topological polar surface area (TPSA) is 15.3 Å². The molecule has 106 valence electrons. The maximum absolute atomic E-state index is 6.16. The quantitative estimate of drug-likeness (QED) is 0.813. The van der Waals surface area contributed by atoms with Crippen LogP contribution in [-0.2, 0) is 6.54 Å². The molecule has 0 saturated carbocycles. The predicted molar refractivity (Wildman–Crippen MR) is 84.1 cm³/mol. The first kappa shape index (κ1) is 14.7. The Morgan fingerprint density at radius 3 is 2.95 bits per heavy atom. The van der Waals surface area contributed by atoms with Crippen LogP contribution in [0.2, 0.25) is 5.02 Å². The molecule has 1 aromatic rings. The second-order valence-corrected chi connectivity index (χ2v) is 5.92.